The lowest BCUT2D eigenvalue weighted by atomic mass is 9.96. The van der Waals surface area contributed by atoms with Gasteiger partial charge in [-0.3, -0.25) is 9.59 Å². The van der Waals surface area contributed by atoms with Crippen LogP contribution >= 0.6 is 0 Å². The molecular weight excluding hydrogens is 304 g/mol. The maximum absolute atomic E-state index is 12.1. The fourth-order valence-electron chi connectivity index (χ4n) is 2.73. The van der Waals surface area contributed by atoms with Gasteiger partial charge in [0.05, 0.1) is 7.11 Å². The van der Waals surface area contributed by atoms with Crippen molar-refractivity contribution < 1.29 is 14.3 Å². The molecule has 1 aliphatic carbocycles. The first-order valence-corrected chi connectivity index (χ1v) is 7.92. The van der Waals surface area contributed by atoms with E-state index in [2.05, 4.69) is 22.8 Å². The van der Waals surface area contributed by atoms with Gasteiger partial charge in [0.15, 0.2) is 0 Å². The second-order valence-corrected chi connectivity index (χ2v) is 6.02. The van der Waals surface area contributed by atoms with E-state index in [1.54, 1.807) is 31.4 Å². The van der Waals surface area contributed by atoms with E-state index in [1.165, 1.54) is 5.56 Å². The van der Waals surface area contributed by atoms with Crippen molar-refractivity contribution in [3.8, 4) is 5.75 Å². The fourth-order valence-corrected chi connectivity index (χ4v) is 2.73. The maximum Gasteiger partial charge on any atom is 0.313 e. The van der Waals surface area contributed by atoms with Crippen LogP contribution in [-0.2, 0) is 15.0 Å². The zero-order valence-electron chi connectivity index (χ0n) is 13.5. The van der Waals surface area contributed by atoms with Crippen LogP contribution in [0.4, 0.5) is 5.69 Å². The van der Waals surface area contributed by atoms with E-state index in [9.17, 15) is 9.59 Å². The minimum atomic E-state index is -0.674. The highest BCUT2D eigenvalue weighted by Crippen LogP contribution is 2.47. The summed E-state index contributed by atoms with van der Waals surface area (Å²) in [6.45, 7) is 0.474. The highest BCUT2D eigenvalue weighted by Gasteiger charge is 2.44. The van der Waals surface area contributed by atoms with Gasteiger partial charge in [0.1, 0.15) is 5.75 Å². The number of hydrogen-bond donors (Lipinski definition) is 2. The van der Waals surface area contributed by atoms with Gasteiger partial charge in [-0.15, -0.1) is 0 Å². The van der Waals surface area contributed by atoms with Crippen molar-refractivity contribution in [1.29, 1.82) is 0 Å². The SMILES string of the molecule is COc1cccc(NC(=O)C(=O)NCC2(c3ccccc3)CC2)c1. The Bertz CT molecular complexity index is 739. The Kier molecular flexibility index (Phi) is 4.51. The molecular formula is C19H20N2O3. The highest BCUT2D eigenvalue weighted by molar-refractivity contribution is 6.39. The van der Waals surface area contributed by atoms with Gasteiger partial charge in [0.2, 0.25) is 0 Å². The lowest BCUT2D eigenvalue weighted by Crippen LogP contribution is -2.39. The first-order chi connectivity index (χ1) is 11.6. The molecule has 0 radical (unpaired) electrons. The highest BCUT2D eigenvalue weighted by atomic mass is 16.5. The largest absolute Gasteiger partial charge is 0.497 e. The number of methoxy groups -OCH3 is 1. The number of carbonyl (C=O) groups is 2. The summed E-state index contributed by atoms with van der Waals surface area (Å²) < 4.78 is 5.09. The molecule has 2 aromatic carbocycles. The Morgan fingerprint density at radius 1 is 1.04 bits per heavy atom. The minimum Gasteiger partial charge on any atom is -0.497 e. The molecule has 0 saturated heterocycles. The fraction of sp³-hybridized carbons (Fsp3) is 0.263. The number of rotatable bonds is 5. The van der Waals surface area contributed by atoms with E-state index in [1.807, 2.05) is 18.2 Å². The zero-order valence-corrected chi connectivity index (χ0v) is 13.5. The standard InChI is InChI=1S/C19H20N2O3/c1-24-16-9-5-8-15(12-16)21-18(23)17(22)20-13-19(10-11-19)14-6-3-2-4-7-14/h2-9,12H,10-11,13H2,1H3,(H,20,22)(H,21,23). The molecule has 0 aliphatic heterocycles. The third kappa shape index (κ3) is 3.56. The molecule has 0 aromatic heterocycles. The van der Waals surface area contributed by atoms with Gasteiger partial charge in [-0.25, -0.2) is 0 Å². The maximum atomic E-state index is 12.1. The molecule has 2 aromatic rings. The van der Waals surface area contributed by atoms with Crippen LogP contribution in [0, 0.1) is 0 Å². The third-order valence-corrected chi connectivity index (χ3v) is 4.36. The Hall–Kier alpha value is -2.82. The van der Waals surface area contributed by atoms with Crippen LogP contribution in [0.1, 0.15) is 18.4 Å². The van der Waals surface area contributed by atoms with Crippen molar-refractivity contribution >= 4 is 17.5 Å². The summed E-state index contributed by atoms with van der Waals surface area (Å²) in [5.74, 6) is -0.679. The molecule has 1 saturated carbocycles. The number of carbonyl (C=O) groups excluding carboxylic acids is 2. The molecule has 0 spiro atoms. The lowest BCUT2D eigenvalue weighted by Gasteiger charge is -2.16. The van der Waals surface area contributed by atoms with Crippen molar-refractivity contribution in [2.75, 3.05) is 19.0 Å². The van der Waals surface area contributed by atoms with Gasteiger partial charge in [-0.1, -0.05) is 36.4 Å². The van der Waals surface area contributed by atoms with Gasteiger partial charge >= 0.3 is 11.8 Å². The van der Waals surface area contributed by atoms with Crippen LogP contribution in [0.3, 0.4) is 0 Å². The average Bonchev–Trinajstić information content (AvgIpc) is 3.42. The molecule has 124 valence electrons. The molecule has 2 N–H and O–H groups in total. The van der Waals surface area contributed by atoms with Gasteiger partial charge in [0.25, 0.3) is 0 Å². The molecule has 3 rings (SSSR count). The first kappa shape index (κ1) is 16.1. The monoisotopic (exact) mass is 324 g/mol. The number of amides is 2. The Balaban J connectivity index is 1.56. The Morgan fingerprint density at radius 3 is 2.46 bits per heavy atom. The van der Waals surface area contributed by atoms with Crippen molar-refractivity contribution in [3.05, 3.63) is 60.2 Å². The van der Waals surface area contributed by atoms with Gasteiger partial charge < -0.3 is 15.4 Å². The second kappa shape index (κ2) is 6.74. The molecule has 2 amide bonds. The molecule has 0 heterocycles. The molecule has 1 fully saturated rings. The summed E-state index contributed by atoms with van der Waals surface area (Å²) in [6.07, 6.45) is 2.05. The summed E-state index contributed by atoms with van der Waals surface area (Å²) in [5, 5.41) is 5.33. The molecule has 1 aliphatic rings. The van der Waals surface area contributed by atoms with Gasteiger partial charge in [-0.05, 0) is 30.5 Å². The van der Waals surface area contributed by atoms with Crippen LogP contribution in [0.2, 0.25) is 0 Å². The van der Waals surface area contributed by atoms with Crippen molar-refractivity contribution in [2.24, 2.45) is 0 Å². The van der Waals surface area contributed by atoms with Gasteiger partial charge in [0, 0.05) is 23.7 Å². The van der Waals surface area contributed by atoms with E-state index >= 15 is 0 Å². The third-order valence-electron chi connectivity index (χ3n) is 4.36. The summed E-state index contributed by atoms with van der Waals surface area (Å²) in [7, 11) is 1.55. The quantitative estimate of drug-likeness (QED) is 0.830. The summed E-state index contributed by atoms with van der Waals surface area (Å²) in [5.41, 5.74) is 1.71. The van der Waals surface area contributed by atoms with Crippen molar-refractivity contribution in [1.82, 2.24) is 5.32 Å². The van der Waals surface area contributed by atoms with Crippen molar-refractivity contribution in [2.45, 2.75) is 18.3 Å². The number of anilines is 1. The average molecular weight is 324 g/mol. The first-order valence-electron chi connectivity index (χ1n) is 7.92. The molecule has 24 heavy (non-hydrogen) atoms. The van der Waals surface area contributed by atoms with E-state index in [0.717, 1.165) is 12.8 Å². The topological polar surface area (TPSA) is 67.4 Å². The molecule has 0 bridgehead atoms. The Labute approximate surface area is 141 Å². The summed E-state index contributed by atoms with van der Waals surface area (Å²) in [4.78, 5) is 24.1. The van der Waals surface area contributed by atoms with E-state index < -0.39 is 11.8 Å². The predicted molar refractivity (Wildman–Crippen MR) is 92.0 cm³/mol. The summed E-state index contributed by atoms with van der Waals surface area (Å²) >= 11 is 0. The Morgan fingerprint density at radius 2 is 1.79 bits per heavy atom. The minimum absolute atomic E-state index is 0.0207. The molecule has 0 unspecified atom stereocenters. The normalized spacial score (nSPS) is 14.5. The van der Waals surface area contributed by atoms with Crippen LogP contribution in [0.15, 0.2) is 54.6 Å². The number of hydrogen-bond acceptors (Lipinski definition) is 3. The van der Waals surface area contributed by atoms with Crippen LogP contribution in [0.25, 0.3) is 0 Å². The smallest absolute Gasteiger partial charge is 0.313 e. The summed E-state index contributed by atoms with van der Waals surface area (Å²) in [6, 6.07) is 17.0. The zero-order chi connectivity index (χ0) is 17.0. The number of benzene rings is 2. The molecule has 5 heteroatoms. The van der Waals surface area contributed by atoms with E-state index in [4.69, 9.17) is 4.74 Å². The predicted octanol–water partition coefficient (Wildman–Crippen LogP) is 2.48. The van der Waals surface area contributed by atoms with Crippen LogP contribution in [-0.4, -0.2) is 25.5 Å². The molecule has 0 atom stereocenters. The van der Waals surface area contributed by atoms with Crippen LogP contribution < -0.4 is 15.4 Å². The lowest BCUT2D eigenvalue weighted by molar-refractivity contribution is -0.136. The van der Waals surface area contributed by atoms with Gasteiger partial charge in [-0.2, -0.15) is 0 Å². The second-order valence-electron chi connectivity index (χ2n) is 6.02. The van der Waals surface area contributed by atoms with Crippen LogP contribution in [0.5, 0.6) is 5.75 Å². The van der Waals surface area contributed by atoms with E-state index in [-0.39, 0.29) is 5.41 Å². The van der Waals surface area contributed by atoms with E-state index in [0.29, 0.717) is 18.0 Å². The number of nitrogens with one attached hydrogen (secondary N) is 2. The number of ether oxygens (including phenoxy) is 1. The van der Waals surface area contributed by atoms with Crippen molar-refractivity contribution in [3.63, 3.8) is 0 Å². The molecule has 5 nitrogen and oxygen atoms in total.